The van der Waals surface area contributed by atoms with Crippen LogP contribution in [0.1, 0.15) is 39.7 Å². The first kappa shape index (κ1) is 29.1. The highest BCUT2D eigenvalue weighted by Gasteiger charge is 2.37. The summed E-state index contributed by atoms with van der Waals surface area (Å²) in [7, 11) is 1.55. The third kappa shape index (κ3) is 6.93. The van der Waals surface area contributed by atoms with Crippen LogP contribution >= 0.6 is 0 Å². The van der Waals surface area contributed by atoms with Crippen LogP contribution in [0.4, 0.5) is 0 Å². The second-order valence-corrected chi connectivity index (χ2v) is 10.1. The molecule has 0 fully saturated rings. The number of benzene rings is 5. The average Bonchev–Trinajstić information content (AvgIpc) is 3.05. The highest BCUT2D eigenvalue weighted by molar-refractivity contribution is 5.91. The zero-order valence-corrected chi connectivity index (χ0v) is 23.8. The molecule has 5 aromatic carbocycles. The van der Waals surface area contributed by atoms with Crippen LogP contribution in [0, 0.1) is 0 Å². The predicted octanol–water partition coefficient (Wildman–Crippen LogP) is 6.81. The largest absolute Gasteiger partial charge is 0.493 e. The molecule has 0 heterocycles. The molecule has 0 saturated heterocycles. The van der Waals surface area contributed by atoms with Crippen LogP contribution in [-0.2, 0) is 16.2 Å². The maximum Gasteiger partial charge on any atom is 0.327 e. The normalized spacial score (nSPS) is 12.2. The molecule has 0 bridgehead atoms. The van der Waals surface area contributed by atoms with Gasteiger partial charge in [-0.15, -0.1) is 0 Å². The fraction of sp³-hybridized carbons (Fsp3) is 0.135. The summed E-state index contributed by atoms with van der Waals surface area (Å²) >= 11 is 0. The summed E-state index contributed by atoms with van der Waals surface area (Å²) in [5.41, 5.74) is 3.78. The summed E-state index contributed by atoms with van der Waals surface area (Å²) in [5, 5.41) is 13.6. The first-order chi connectivity index (χ1) is 21.1. The van der Waals surface area contributed by atoms with Crippen molar-refractivity contribution in [2.75, 3.05) is 7.11 Å². The zero-order valence-electron chi connectivity index (χ0n) is 23.8. The van der Waals surface area contributed by atoms with Gasteiger partial charge in [-0.2, -0.15) is 0 Å². The van der Waals surface area contributed by atoms with Crippen molar-refractivity contribution in [1.29, 1.82) is 0 Å². The van der Waals surface area contributed by atoms with Crippen LogP contribution in [0.15, 0.2) is 140 Å². The number of aliphatic carboxylic acids is 1. The predicted molar refractivity (Wildman–Crippen MR) is 166 cm³/mol. The molecule has 0 spiro atoms. The average molecular weight is 572 g/mol. The van der Waals surface area contributed by atoms with E-state index in [1.165, 1.54) is 0 Å². The van der Waals surface area contributed by atoms with Gasteiger partial charge in [-0.25, -0.2) is 4.79 Å². The molecular weight excluding hydrogens is 538 g/mol. The van der Waals surface area contributed by atoms with Crippen LogP contribution in [0.2, 0.25) is 0 Å². The minimum atomic E-state index is -1.32. The number of amides is 1. The number of carboxylic acid groups (broad SMARTS) is 1. The lowest BCUT2D eigenvalue weighted by molar-refractivity contribution is -0.142. The number of methoxy groups -OCH3 is 1. The van der Waals surface area contributed by atoms with Crippen molar-refractivity contribution in [1.82, 2.24) is 5.32 Å². The van der Waals surface area contributed by atoms with Crippen LogP contribution in [0.3, 0.4) is 0 Å². The van der Waals surface area contributed by atoms with Gasteiger partial charge in [-0.05, 0) is 28.3 Å². The SMILES string of the molecule is COc1cccc([C@H](c2ccccc2)[C@@H](NC(=O)C(c2ccccc2)c2ccccc2)C(=O)O)c1OCc1ccccc1. The van der Waals surface area contributed by atoms with E-state index in [0.717, 1.165) is 16.7 Å². The van der Waals surface area contributed by atoms with Crippen LogP contribution in [0.5, 0.6) is 11.5 Å². The Hall–Kier alpha value is -5.36. The highest BCUT2D eigenvalue weighted by Crippen LogP contribution is 2.41. The molecule has 5 aromatic rings. The molecule has 0 aliphatic rings. The minimum Gasteiger partial charge on any atom is -0.493 e. The van der Waals surface area contributed by atoms with E-state index in [-0.39, 0.29) is 6.61 Å². The lowest BCUT2D eigenvalue weighted by Gasteiger charge is -2.29. The summed E-state index contributed by atoms with van der Waals surface area (Å²) in [6, 6.07) is 41.8. The molecule has 6 heteroatoms. The summed E-state index contributed by atoms with van der Waals surface area (Å²) in [4.78, 5) is 27.2. The summed E-state index contributed by atoms with van der Waals surface area (Å²) in [5.74, 6) is -2.20. The third-order valence-corrected chi connectivity index (χ3v) is 7.37. The molecule has 0 aromatic heterocycles. The first-order valence-corrected chi connectivity index (χ1v) is 14.1. The Labute approximate surface area is 251 Å². The van der Waals surface area contributed by atoms with Crippen molar-refractivity contribution in [2.45, 2.75) is 24.5 Å². The number of carbonyl (C=O) groups excluding carboxylic acids is 1. The van der Waals surface area contributed by atoms with Gasteiger partial charge in [0.15, 0.2) is 11.5 Å². The molecule has 0 aliphatic carbocycles. The molecule has 1 amide bonds. The number of nitrogens with one attached hydrogen (secondary N) is 1. The Kier molecular flexibility index (Phi) is 9.49. The van der Waals surface area contributed by atoms with Crippen LogP contribution < -0.4 is 14.8 Å². The van der Waals surface area contributed by atoms with Gasteiger partial charge in [0.05, 0.1) is 13.0 Å². The summed E-state index contributed by atoms with van der Waals surface area (Å²) < 4.78 is 12.0. The first-order valence-electron chi connectivity index (χ1n) is 14.1. The maximum atomic E-state index is 14.1. The fourth-order valence-electron chi connectivity index (χ4n) is 5.35. The van der Waals surface area contributed by atoms with E-state index in [1.54, 1.807) is 19.2 Å². The van der Waals surface area contributed by atoms with Crippen molar-refractivity contribution < 1.29 is 24.2 Å². The number of hydrogen-bond acceptors (Lipinski definition) is 4. The van der Waals surface area contributed by atoms with E-state index >= 15 is 0 Å². The molecular formula is C37H33NO5. The number of carbonyl (C=O) groups is 2. The number of para-hydroxylation sites is 1. The number of carboxylic acids is 1. The Balaban J connectivity index is 1.58. The van der Waals surface area contributed by atoms with Crippen molar-refractivity contribution in [2.24, 2.45) is 0 Å². The quantitative estimate of drug-likeness (QED) is 0.172. The lowest BCUT2D eigenvalue weighted by Crippen LogP contribution is -2.47. The van der Waals surface area contributed by atoms with Crippen molar-refractivity contribution in [3.05, 3.63) is 167 Å². The molecule has 0 unspecified atom stereocenters. The van der Waals surface area contributed by atoms with Crippen molar-refractivity contribution in [3.63, 3.8) is 0 Å². The van der Waals surface area contributed by atoms with Gasteiger partial charge in [-0.3, -0.25) is 4.79 Å². The van der Waals surface area contributed by atoms with Gasteiger partial charge < -0.3 is 19.9 Å². The van der Waals surface area contributed by atoms with Gasteiger partial charge in [0.25, 0.3) is 0 Å². The van der Waals surface area contributed by atoms with Crippen LogP contribution in [0.25, 0.3) is 0 Å². The summed E-state index contributed by atoms with van der Waals surface area (Å²) in [6.07, 6.45) is 0. The molecule has 2 atom stereocenters. The molecule has 0 saturated carbocycles. The Morgan fingerprint density at radius 3 is 1.70 bits per heavy atom. The monoisotopic (exact) mass is 571 g/mol. The van der Waals surface area contributed by atoms with Gasteiger partial charge in [0.2, 0.25) is 5.91 Å². The topological polar surface area (TPSA) is 84.9 Å². The second-order valence-electron chi connectivity index (χ2n) is 10.1. The van der Waals surface area contributed by atoms with Gasteiger partial charge in [-0.1, -0.05) is 133 Å². The van der Waals surface area contributed by atoms with Gasteiger partial charge in [0.1, 0.15) is 12.6 Å². The van der Waals surface area contributed by atoms with E-state index in [1.807, 2.05) is 127 Å². The van der Waals surface area contributed by atoms with E-state index in [9.17, 15) is 14.7 Å². The van der Waals surface area contributed by atoms with Crippen LogP contribution in [-0.4, -0.2) is 30.1 Å². The smallest absolute Gasteiger partial charge is 0.327 e. The van der Waals surface area contributed by atoms with E-state index < -0.39 is 29.8 Å². The highest BCUT2D eigenvalue weighted by atomic mass is 16.5. The van der Waals surface area contributed by atoms with E-state index in [2.05, 4.69) is 5.32 Å². The lowest BCUT2D eigenvalue weighted by atomic mass is 9.83. The third-order valence-electron chi connectivity index (χ3n) is 7.37. The number of ether oxygens (including phenoxy) is 2. The minimum absolute atomic E-state index is 0.254. The Bertz CT molecular complexity index is 1590. The standard InChI is InChI=1S/C37H33NO5/c1-42-31-24-14-23-30(35(31)43-25-26-15-6-2-7-16-26)33(29-21-12-5-13-22-29)34(37(40)41)38-36(39)32(27-17-8-3-9-18-27)28-19-10-4-11-20-28/h2-24,32-34H,25H2,1H3,(H,38,39)(H,40,41)/t33-,34+/m0/s1. The van der Waals surface area contributed by atoms with Crippen molar-refractivity contribution in [3.8, 4) is 11.5 Å². The zero-order chi connectivity index (χ0) is 30.0. The molecule has 43 heavy (non-hydrogen) atoms. The number of hydrogen-bond donors (Lipinski definition) is 2. The second kappa shape index (κ2) is 14.0. The molecule has 5 rings (SSSR count). The fourth-order valence-corrected chi connectivity index (χ4v) is 5.35. The van der Waals surface area contributed by atoms with Crippen molar-refractivity contribution >= 4 is 11.9 Å². The molecule has 6 nitrogen and oxygen atoms in total. The molecule has 0 aliphatic heterocycles. The van der Waals surface area contributed by atoms with Gasteiger partial charge in [0, 0.05) is 11.5 Å². The summed E-state index contributed by atoms with van der Waals surface area (Å²) in [6.45, 7) is 0.254. The van der Waals surface area contributed by atoms with E-state index in [4.69, 9.17) is 9.47 Å². The van der Waals surface area contributed by atoms with E-state index in [0.29, 0.717) is 22.6 Å². The van der Waals surface area contributed by atoms with Gasteiger partial charge >= 0.3 is 5.97 Å². The number of rotatable bonds is 12. The Morgan fingerprint density at radius 1 is 0.674 bits per heavy atom. The maximum absolute atomic E-state index is 14.1. The molecule has 0 radical (unpaired) electrons. The molecule has 2 N–H and O–H groups in total. The Morgan fingerprint density at radius 2 is 1.19 bits per heavy atom. The molecule has 216 valence electrons.